The van der Waals surface area contributed by atoms with Gasteiger partial charge in [-0.2, -0.15) is 0 Å². The lowest BCUT2D eigenvalue weighted by Crippen LogP contribution is -2.42. The van der Waals surface area contributed by atoms with Gasteiger partial charge in [0, 0.05) is 18.0 Å². The molecule has 0 radical (unpaired) electrons. The van der Waals surface area contributed by atoms with Gasteiger partial charge in [-0.05, 0) is 51.0 Å². The number of hydrogen-bond donors (Lipinski definition) is 0. The molecule has 0 N–H and O–H groups in total. The highest BCUT2D eigenvalue weighted by atomic mass is 16.1. The van der Waals surface area contributed by atoms with Gasteiger partial charge in [0.1, 0.15) is 6.29 Å². The van der Waals surface area contributed by atoms with Crippen LogP contribution in [0.3, 0.4) is 0 Å². The molecule has 0 aromatic rings. The molecule has 1 atom stereocenters. The van der Waals surface area contributed by atoms with Gasteiger partial charge in [-0.3, -0.25) is 4.90 Å². The second-order valence-electron chi connectivity index (χ2n) is 6.91. The van der Waals surface area contributed by atoms with Crippen molar-refractivity contribution in [1.82, 2.24) is 4.90 Å². The lowest BCUT2D eigenvalue weighted by atomic mass is 9.86. The van der Waals surface area contributed by atoms with E-state index in [0.29, 0.717) is 0 Å². The van der Waals surface area contributed by atoms with Crippen LogP contribution in [0.2, 0.25) is 0 Å². The SMILES string of the molecule is O=CC1(CN2CCCC2C2CCCC2)CCCC1. The Balaban J connectivity index is 1.65. The molecule has 3 aliphatic rings. The van der Waals surface area contributed by atoms with E-state index >= 15 is 0 Å². The Hall–Kier alpha value is -0.370. The fourth-order valence-electron chi connectivity index (χ4n) is 4.72. The summed E-state index contributed by atoms with van der Waals surface area (Å²) in [7, 11) is 0. The number of carbonyl (C=O) groups is 1. The summed E-state index contributed by atoms with van der Waals surface area (Å²) in [6, 6.07) is 0.810. The van der Waals surface area contributed by atoms with Gasteiger partial charge in [0.2, 0.25) is 0 Å². The van der Waals surface area contributed by atoms with E-state index in [2.05, 4.69) is 4.90 Å². The first-order valence-electron chi connectivity index (χ1n) is 8.03. The second-order valence-corrected chi connectivity index (χ2v) is 6.91. The lowest BCUT2D eigenvalue weighted by Gasteiger charge is -2.35. The molecule has 2 nitrogen and oxygen atoms in total. The van der Waals surface area contributed by atoms with Crippen LogP contribution in [0.5, 0.6) is 0 Å². The molecule has 1 unspecified atom stereocenters. The van der Waals surface area contributed by atoms with E-state index in [4.69, 9.17) is 0 Å². The number of aldehydes is 1. The topological polar surface area (TPSA) is 20.3 Å². The predicted octanol–water partition coefficient (Wildman–Crippen LogP) is 3.40. The summed E-state index contributed by atoms with van der Waals surface area (Å²) in [5, 5.41) is 0. The highest BCUT2D eigenvalue weighted by Crippen LogP contribution is 2.41. The molecule has 0 aromatic carbocycles. The molecular formula is C16H27NO. The Morgan fingerprint density at radius 2 is 1.72 bits per heavy atom. The van der Waals surface area contributed by atoms with Crippen molar-refractivity contribution < 1.29 is 4.79 Å². The van der Waals surface area contributed by atoms with Crippen molar-refractivity contribution >= 4 is 6.29 Å². The Kier molecular flexibility index (Phi) is 3.74. The average molecular weight is 249 g/mol. The molecular weight excluding hydrogens is 222 g/mol. The Morgan fingerprint density at radius 3 is 2.39 bits per heavy atom. The summed E-state index contributed by atoms with van der Waals surface area (Å²) in [6.45, 7) is 2.31. The molecule has 0 amide bonds. The molecule has 2 heteroatoms. The molecule has 102 valence electrons. The van der Waals surface area contributed by atoms with Crippen molar-refractivity contribution in [3.63, 3.8) is 0 Å². The third-order valence-corrected chi connectivity index (χ3v) is 5.73. The second kappa shape index (κ2) is 5.32. The Morgan fingerprint density at radius 1 is 1.00 bits per heavy atom. The number of rotatable bonds is 4. The van der Waals surface area contributed by atoms with Crippen LogP contribution in [0.4, 0.5) is 0 Å². The van der Waals surface area contributed by atoms with Crippen LogP contribution in [0.1, 0.15) is 64.2 Å². The zero-order valence-electron chi connectivity index (χ0n) is 11.6. The largest absolute Gasteiger partial charge is 0.303 e. The van der Waals surface area contributed by atoms with Gasteiger partial charge < -0.3 is 4.79 Å². The van der Waals surface area contributed by atoms with Crippen molar-refractivity contribution in [2.75, 3.05) is 13.1 Å². The minimum Gasteiger partial charge on any atom is -0.303 e. The van der Waals surface area contributed by atoms with E-state index < -0.39 is 0 Å². The van der Waals surface area contributed by atoms with Gasteiger partial charge in [0.05, 0.1) is 0 Å². The maximum atomic E-state index is 11.5. The van der Waals surface area contributed by atoms with Crippen LogP contribution >= 0.6 is 0 Å². The summed E-state index contributed by atoms with van der Waals surface area (Å²) in [5.41, 5.74) is 0.0290. The smallest absolute Gasteiger partial charge is 0.127 e. The number of hydrogen-bond acceptors (Lipinski definition) is 2. The first-order valence-corrected chi connectivity index (χ1v) is 8.03. The third kappa shape index (κ3) is 2.36. The summed E-state index contributed by atoms with van der Waals surface area (Å²) in [6.07, 6.45) is 14.6. The van der Waals surface area contributed by atoms with Crippen molar-refractivity contribution in [1.29, 1.82) is 0 Å². The molecule has 1 saturated heterocycles. The molecule has 1 heterocycles. The van der Waals surface area contributed by atoms with Gasteiger partial charge in [-0.15, -0.1) is 0 Å². The number of nitrogens with zero attached hydrogens (tertiary/aromatic N) is 1. The Bertz CT molecular complexity index is 289. The fourth-order valence-corrected chi connectivity index (χ4v) is 4.72. The summed E-state index contributed by atoms with van der Waals surface area (Å²) >= 11 is 0. The average Bonchev–Trinajstić information content (AvgIpc) is 3.10. The summed E-state index contributed by atoms with van der Waals surface area (Å²) in [5.74, 6) is 0.942. The molecule has 0 bridgehead atoms. The highest BCUT2D eigenvalue weighted by molar-refractivity contribution is 5.60. The van der Waals surface area contributed by atoms with Crippen LogP contribution in [-0.2, 0) is 4.79 Å². The predicted molar refractivity (Wildman–Crippen MR) is 73.5 cm³/mol. The van der Waals surface area contributed by atoms with Gasteiger partial charge >= 0.3 is 0 Å². The van der Waals surface area contributed by atoms with E-state index in [0.717, 1.165) is 31.3 Å². The Labute approximate surface area is 111 Å². The third-order valence-electron chi connectivity index (χ3n) is 5.73. The zero-order valence-corrected chi connectivity index (χ0v) is 11.6. The molecule has 0 aromatic heterocycles. The van der Waals surface area contributed by atoms with Crippen LogP contribution < -0.4 is 0 Å². The van der Waals surface area contributed by atoms with Crippen LogP contribution in [-0.4, -0.2) is 30.3 Å². The van der Waals surface area contributed by atoms with E-state index in [1.165, 1.54) is 64.2 Å². The van der Waals surface area contributed by atoms with E-state index in [-0.39, 0.29) is 5.41 Å². The van der Waals surface area contributed by atoms with Crippen LogP contribution in [0, 0.1) is 11.3 Å². The van der Waals surface area contributed by atoms with Crippen molar-refractivity contribution in [2.45, 2.75) is 70.3 Å². The molecule has 18 heavy (non-hydrogen) atoms. The minimum atomic E-state index is 0.0290. The minimum absolute atomic E-state index is 0.0290. The molecule has 3 rings (SSSR count). The van der Waals surface area contributed by atoms with Crippen molar-refractivity contribution in [3.8, 4) is 0 Å². The number of likely N-dealkylation sites (tertiary alicyclic amines) is 1. The molecule has 0 spiro atoms. The van der Waals surface area contributed by atoms with E-state index in [1.807, 2.05) is 0 Å². The normalized spacial score (nSPS) is 33.2. The number of carbonyl (C=O) groups excluding carboxylic acids is 1. The zero-order chi connectivity index (χ0) is 12.4. The summed E-state index contributed by atoms with van der Waals surface area (Å²) < 4.78 is 0. The highest BCUT2D eigenvalue weighted by Gasteiger charge is 2.40. The molecule has 3 fully saturated rings. The van der Waals surface area contributed by atoms with Crippen LogP contribution in [0.25, 0.3) is 0 Å². The molecule has 2 aliphatic carbocycles. The standard InChI is InChI=1S/C16H27NO/c18-13-16(9-3-4-10-16)12-17-11-5-8-15(17)14-6-1-2-7-14/h13-15H,1-12H2. The lowest BCUT2D eigenvalue weighted by molar-refractivity contribution is -0.117. The van der Waals surface area contributed by atoms with Gasteiger partial charge in [0.25, 0.3) is 0 Å². The van der Waals surface area contributed by atoms with Gasteiger partial charge in [-0.1, -0.05) is 25.7 Å². The van der Waals surface area contributed by atoms with Gasteiger partial charge in [0.15, 0.2) is 0 Å². The maximum absolute atomic E-state index is 11.5. The quantitative estimate of drug-likeness (QED) is 0.712. The van der Waals surface area contributed by atoms with Crippen molar-refractivity contribution in [3.05, 3.63) is 0 Å². The first-order chi connectivity index (χ1) is 8.83. The summed E-state index contributed by atoms with van der Waals surface area (Å²) in [4.78, 5) is 14.2. The fraction of sp³-hybridized carbons (Fsp3) is 0.938. The maximum Gasteiger partial charge on any atom is 0.127 e. The monoisotopic (exact) mass is 249 g/mol. The molecule has 2 saturated carbocycles. The van der Waals surface area contributed by atoms with Gasteiger partial charge in [-0.25, -0.2) is 0 Å². The van der Waals surface area contributed by atoms with Crippen LogP contribution in [0.15, 0.2) is 0 Å². The molecule has 1 aliphatic heterocycles. The van der Waals surface area contributed by atoms with E-state index in [9.17, 15) is 4.79 Å². The van der Waals surface area contributed by atoms with Crippen molar-refractivity contribution in [2.24, 2.45) is 11.3 Å². The first kappa shape index (κ1) is 12.7. The van der Waals surface area contributed by atoms with E-state index in [1.54, 1.807) is 0 Å².